The molecule has 0 spiro atoms. The molecule has 2 rings (SSSR count). The van der Waals surface area contributed by atoms with Gasteiger partial charge in [-0.1, -0.05) is 24.0 Å². The molecule has 3 nitrogen and oxygen atoms in total. The fourth-order valence-electron chi connectivity index (χ4n) is 1.22. The van der Waals surface area contributed by atoms with Crippen molar-refractivity contribution in [2.75, 3.05) is 5.73 Å². The number of nitrogens with zero attached hydrogens (tertiary/aromatic N) is 2. The van der Waals surface area contributed by atoms with E-state index in [9.17, 15) is 0 Å². The van der Waals surface area contributed by atoms with Crippen LogP contribution in [0, 0.1) is 11.8 Å². The molecule has 0 amide bonds. The van der Waals surface area contributed by atoms with Crippen LogP contribution in [0.2, 0.25) is 0 Å². The van der Waals surface area contributed by atoms with Gasteiger partial charge < -0.3 is 10.3 Å². The topological polar surface area (TPSA) is 43.8 Å². The summed E-state index contributed by atoms with van der Waals surface area (Å²) in [5.41, 5.74) is 7.35. The van der Waals surface area contributed by atoms with Gasteiger partial charge in [-0.2, -0.15) is 0 Å². The highest BCUT2D eigenvalue weighted by Crippen LogP contribution is 2.07. The number of anilines is 1. The zero-order valence-electron chi connectivity index (χ0n) is 8.22. The van der Waals surface area contributed by atoms with Crippen LogP contribution in [-0.4, -0.2) is 9.55 Å². The summed E-state index contributed by atoms with van der Waals surface area (Å²) < 4.78 is 1.91. The molecule has 2 N–H and O–H groups in total. The SMILES string of the molecule is Nc1ccccc1C#CCn1ccnc1. The predicted octanol–water partition coefficient (Wildman–Crippen LogP) is 1.52. The lowest BCUT2D eigenvalue weighted by Crippen LogP contribution is -1.92. The molecule has 74 valence electrons. The van der Waals surface area contributed by atoms with E-state index < -0.39 is 0 Å². The first kappa shape index (κ1) is 9.35. The van der Waals surface area contributed by atoms with E-state index in [1.807, 2.05) is 35.0 Å². The number of benzene rings is 1. The first-order valence-electron chi connectivity index (χ1n) is 4.65. The first-order valence-corrected chi connectivity index (χ1v) is 4.65. The molecule has 0 fully saturated rings. The van der Waals surface area contributed by atoms with Crippen LogP contribution in [0.25, 0.3) is 0 Å². The second-order valence-electron chi connectivity index (χ2n) is 3.12. The molecule has 0 aliphatic rings. The molecule has 0 bridgehead atoms. The van der Waals surface area contributed by atoms with Crippen LogP contribution >= 0.6 is 0 Å². The Morgan fingerprint density at radius 2 is 2.20 bits per heavy atom. The minimum Gasteiger partial charge on any atom is -0.398 e. The molecule has 15 heavy (non-hydrogen) atoms. The number of aromatic nitrogens is 2. The number of hydrogen-bond acceptors (Lipinski definition) is 2. The summed E-state index contributed by atoms with van der Waals surface area (Å²) in [5.74, 6) is 6.07. The fourth-order valence-corrected chi connectivity index (χ4v) is 1.22. The number of imidazole rings is 1. The zero-order chi connectivity index (χ0) is 10.5. The monoisotopic (exact) mass is 197 g/mol. The number of rotatable bonds is 1. The molecule has 1 aromatic heterocycles. The standard InChI is InChI=1S/C12H11N3/c13-12-6-2-1-4-11(12)5-3-8-15-9-7-14-10-15/h1-2,4,6-7,9-10H,8,13H2. The highest BCUT2D eigenvalue weighted by atomic mass is 15.0. The third-order valence-electron chi connectivity index (χ3n) is 2.00. The van der Waals surface area contributed by atoms with Gasteiger partial charge in [0, 0.05) is 23.6 Å². The lowest BCUT2D eigenvalue weighted by molar-refractivity contribution is 0.840. The van der Waals surface area contributed by atoms with Crippen molar-refractivity contribution in [2.24, 2.45) is 0 Å². The van der Waals surface area contributed by atoms with Crippen LogP contribution in [0.3, 0.4) is 0 Å². The zero-order valence-corrected chi connectivity index (χ0v) is 8.22. The highest BCUT2D eigenvalue weighted by molar-refractivity contribution is 5.55. The predicted molar refractivity (Wildman–Crippen MR) is 60.0 cm³/mol. The van der Waals surface area contributed by atoms with E-state index in [0.717, 1.165) is 11.3 Å². The van der Waals surface area contributed by atoms with E-state index in [1.54, 1.807) is 12.5 Å². The summed E-state index contributed by atoms with van der Waals surface area (Å²) in [5, 5.41) is 0. The Kier molecular flexibility index (Phi) is 2.70. The normalized spacial score (nSPS) is 9.33. The Hall–Kier alpha value is -2.21. The van der Waals surface area contributed by atoms with Gasteiger partial charge >= 0.3 is 0 Å². The minimum atomic E-state index is 0.633. The molecular weight excluding hydrogens is 186 g/mol. The summed E-state index contributed by atoms with van der Waals surface area (Å²) >= 11 is 0. The molecule has 0 unspecified atom stereocenters. The maximum atomic E-state index is 5.76. The van der Waals surface area contributed by atoms with Crippen molar-refractivity contribution in [3.8, 4) is 11.8 Å². The molecule has 0 aliphatic heterocycles. The third kappa shape index (κ3) is 2.38. The van der Waals surface area contributed by atoms with Crippen molar-refractivity contribution in [3.05, 3.63) is 48.5 Å². The van der Waals surface area contributed by atoms with Gasteiger partial charge in [0.05, 0.1) is 12.9 Å². The fraction of sp³-hybridized carbons (Fsp3) is 0.0833. The molecule has 0 aliphatic carbocycles. The van der Waals surface area contributed by atoms with E-state index >= 15 is 0 Å². The van der Waals surface area contributed by atoms with E-state index in [0.29, 0.717) is 6.54 Å². The molecule has 1 heterocycles. The Morgan fingerprint density at radius 1 is 1.33 bits per heavy atom. The van der Waals surface area contributed by atoms with Crippen molar-refractivity contribution in [1.82, 2.24) is 9.55 Å². The summed E-state index contributed by atoms with van der Waals surface area (Å²) in [6.45, 7) is 0.633. The van der Waals surface area contributed by atoms with E-state index in [-0.39, 0.29) is 0 Å². The third-order valence-corrected chi connectivity index (χ3v) is 2.00. The number of para-hydroxylation sites is 1. The maximum Gasteiger partial charge on any atom is 0.0954 e. The second-order valence-corrected chi connectivity index (χ2v) is 3.12. The quantitative estimate of drug-likeness (QED) is 0.556. The van der Waals surface area contributed by atoms with E-state index in [4.69, 9.17) is 5.73 Å². The summed E-state index contributed by atoms with van der Waals surface area (Å²) in [4.78, 5) is 3.94. The number of nitrogen functional groups attached to an aromatic ring is 1. The molecule has 0 atom stereocenters. The molecule has 1 aromatic carbocycles. The smallest absolute Gasteiger partial charge is 0.0954 e. The van der Waals surface area contributed by atoms with Crippen molar-refractivity contribution in [3.63, 3.8) is 0 Å². The van der Waals surface area contributed by atoms with Crippen LogP contribution in [0.5, 0.6) is 0 Å². The van der Waals surface area contributed by atoms with Gasteiger partial charge in [-0.3, -0.25) is 0 Å². The average molecular weight is 197 g/mol. The minimum absolute atomic E-state index is 0.633. The average Bonchev–Trinajstić information content (AvgIpc) is 2.74. The molecule has 0 saturated carbocycles. The summed E-state index contributed by atoms with van der Waals surface area (Å²) in [6.07, 6.45) is 5.35. The van der Waals surface area contributed by atoms with Gasteiger partial charge in [-0.05, 0) is 12.1 Å². The molecule has 3 heteroatoms. The Labute approximate surface area is 88.6 Å². The number of hydrogen-bond donors (Lipinski definition) is 1. The number of nitrogens with two attached hydrogens (primary N) is 1. The summed E-state index contributed by atoms with van der Waals surface area (Å²) in [7, 11) is 0. The molecular formula is C12H11N3. The van der Waals surface area contributed by atoms with Crippen LogP contribution < -0.4 is 5.73 Å². The van der Waals surface area contributed by atoms with Gasteiger partial charge in [0.25, 0.3) is 0 Å². The van der Waals surface area contributed by atoms with Gasteiger partial charge in [-0.15, -0.1) is 0 Å². The Morgan fingerprint density at radius 3 is 2.93 bits per heavy atom. The van der Waals surface area contributed by atoms with Crippen molar-refractivity contribution < 1.29 is 0 Å². The van der Waals surface area contributed by atoms with Crippen LogP contribution in [0.1, 0.15) is 5.56 Å². The molecule has 0 radical (unpaired) electrons. The Balaban J connectivity index is 2.09. The molecule has 2 aromatic rings. The summed E-state index contributed by atoms with van der Waals surface area (Å²) in [6, 6.07) is 7.59. The lowest BCUT2D eigenvalue weighted by atomic mass is 10.2. The van der Waals surface area contributed by atoms with Gasteiger partial charge in [0.15, 0.2) is 0 Å². The van der Waals surface area contributed by atoms with E-state index in [1.165, 1.54) is 0 Å². The first-order chi connectivity index (χ1) is 7.36. The second kappa shape index (κ2) is 4.34. The highest BCUT2D eigenvalue weighted by Gasteiger charge is 1.90. The van der Waals surface area contributed by atoms with Crippen molar-refractivity contribution in [1.29, 1.82) is 0 Å². The van der Waals surface area contributed by atoms with E-state index in [2.05, 4.69) is 16.8 Å². The van der Waals surface area contributed by atoms with Crippen LogP contribution in [-0.2, 0) is 6.54 Å². The molecule has 0 saturated heterocycles. The van der Waals surface area contributed by atoms with Crippen molar-refractivity contribution >= 4 is 5.69 Å². The lowest BCUT2D eigenvalue weighted by Gasteiger charge is -1.95. The van der Waals surface area contributed by atoms with Crippen LogP contribution in [0.4, 0.5) is 5.69 Å². The van der Waals surface area contributed by atoms with Crippen LogP contribution in [0.15, 0.2) is 43.0 Å². The maximum absolute atomic E-state index is 5.76. The van der Waals surface area contributed by atoms with Crippen molar-refractivity contribution in [2.45, 2.75) is 6.54 Å². The largest absolute Gasteiger partial charge is 0.398 e. The van der Waals surface area contributed by atoms with Gasteiger partial charge in [-0.25, -0.2) is 4.98 Å². The Bertz CT molecular complexity index is 489. The van der Waals surface area contributed by atoms with Gasteiger partial charge in [0.2, 0.25) is 0 Å². The van der Waals surface area contributed by atoms with Gasteiger partial charge in [0.1, 0.15) is 0 Å².